The number of rotatable bonds is 5. The number of aromatic nitrogens is 1. The smallest absolute Gasteiger partial charge is 0.269 e. The van der Waals surface area contributed by atoms with Gasteiger partial charge in [0.2, 0.25) is 5.78 Å². The number of ketones is 1. The number of nitro benzene ring substituents is 1. The number of benzene rings is 1. The second-order valence-corrected chi connectivity index (χ2v) is 8.00. The Bertz CT molecular complexity index is 990. The number of hydrogen-bond donors (Lipinski definition) is 0. The Balaban J connectivity index is 1.70. The zero-order chi connectivity index (χ0) is 20.4. The molecule has 1 aromatic heterocycles. The van der Waals surface area contributed by atoms with E-state index in [4.69, 9.17) is 4.98 Å². The first-order valence-electron chi connectivity index (χ1n) is 10.6. The van der Waals surface area contributed by atoms with E-state index in [1.165, 1.54) is 35.2 Å². The van der Waals surface area contributed by atoms with Gasteiger partial charge in [-0.25, -0.2) is 4.98 Å². The fraction of sp³-hybridized carbons (Fsp3) is 0.417. The summed E-state index contributed by atoms with van der Waals surface area (Å²) < 4.78 is 0. The first kappa shape index (κ1) is 19.5. The van der Waals surface area contributed by atoms with Gasteiger partial charge >= 0.3 is 0 Å². The van der Waals surface area contributed by atoms with Crippen LogP contribution >= 0.6 is 0 Å². The Morgan fingerprint density at radius 3 is 2.55 bits per heavy atom. The van der Waals surface area contributed by atoms with Gasteiger partial charge in [-0.2, -0.15) is 0 Å². The van der Waals surface area contributed by atoms with Gasteiger partial charge in [-0.1, -0.05) is 13.3 Å². The molecule has 0 amide bonds. The van der Waals surface area contributed by atoms with Crippen molar-refractivity contribution >= 4 is 17.5 Å². The van der Waals surface area contributed by atoms with Crippen molar-refractivity contribution in [1.82, 2.24) is 4.98 Å². The number of nitro groups is 1. The number of carbonyl (C=O) groups is 1. The SMILES string of the molecule is CCCCc1c2c(nc3c1CC/C(=C/c1ccc([N+](=O)[O-])cc1)C3=O)CCCC2. The van der Waals surface area contributed by atoms with E-state index in [9.17, 15) is 14.9 Å². The van der Waals surface area contributed by atoms with E-state index >= 15 is 0 Å². The van der Waals surface area contributed by atoms with Crippen molar-refractivity contribution in [1.29, 1.82) is 0 Å². The van der Waals surface area contributed by atoms with Crippen LogP contribution in [0, 0.1) is 10.1 Å². The quantitative estimate of drug-likeness (QED) is 0.388. The number of Topliss-reactive ketones (excluding diaryl/α,β-unsaturated/α-hetero) is 1. The lowest BCUT2D eigenvalue weighted by molar-refractivity contribution is -0.384. The molecule has 0 saturated heterocycles. The van der Waals surface area contributed by atoms with Crippen molar-refractivity contribution in [3.05, 3.63) is 73.6 Å². The molecule has 29 heavy (non-hydrogen) atoms. The van der Waals surface area contributed by atoms with Crippen LogP contribution in [0.3, 0.4) is 0 Å². The maximum absolute atomic E-state index is 13.3. The molecule has 0 fully saturated rings. The van der Waals surface area contributed by atoms with Crippen molar-refractivity contribution in [3.63, 3.8) is 0 Å². The molecule has 0 bridgehead atoms. The number of fused-ring (bicyclic) bond motifs is 2. The van der Waals surface area contributed by atoms with Gasteiger partial charge in [0, 0.05) is 23.4 Å². The Kier molecular flexibility index (Phi) is 5.56. The van der Waals surface area contributed by atoms with E-state index in [2.05, 4.69) is 6.92 Å². The summed E-state index contributed by atoms with van der Waals surface area (Å²) in [7, 11) is 0. The van der Waals surface area contributed by atoms with Crippen LogP contribution in [0.4, 0.5) is 5.69 Å². The molecule has 1 aromatic carbocycles. The third kappa shape index (κ3) is 3.86. The van der Waals surface area contributed by atoms with E-state index < -0.39 is 4.92 Å². The molecule has 0 N–H and O–H groups in total. The third-order valence-electron chi connectivity index (χ3n) is 6.08. The van der Waals surface area contributed by atoms with Gasteiger partial charge < -0.3 is 0 Å². The number of aryl methyl sites for hydroxylation is 1. The second-order valence-electron chi connectivity index (χ2n) is 8.00. The standard InChI is InChI=1S/C24H26N2O3/c1-2-3-6-19-20-7-4-5-8-22(20)25-23-21(19)14-11-17(24(23)27)15-16-9-12-18(13-10-16)26(28)29/h9-10,12-13,15H,2-8,11,14H2,1H3/b17-15-. The molecule has 0 radical (unpaired) electrons. The van der Waals surface area contributed by atoms with Crippen LogP contribution in [-0.2, 0) is 25.7 Å². The largest absolute Gasteiger partial charge is 0.287 e. The van der Waals surface area contributed by atoms with Crippen LogP contribution < -0.4 is 0 Å². The normalized spacial score (nSPS) is 17.1. The van der Waals surface area contributed by atoms with Crippen molar-refractivity contribution < 1.29 is 9.72 Å². The maximum atomic E-state index is 13.3. The van der Waals surface area contributed by atoms with Gasteiger partial charge in [0.25, 0.3) is 5.69 Å². The monoisotopic (exact) mass is 390 g/mol. The Morgan fingerprint density at radius 1 is 1.07 bits per heavy atom. The minimum atomic E-state index is -0.413. The lowest BCUT2D eigenvalue weighted by atomic mass is 9.80. The lowest BCUT2D eigenvalue weighted by Gasteiger charge is -2.27. The van der Waals surface area contributed by atoms with Crippen LogP contribution in [0.25, 0.3) is 6.08 Å². The van der Waals surface area contributed by atoms with E-state index in [0.29, 0.717) is 12.1 Å². The van der Waals surface area contributed by atoms with Crippen molar-refractivity contribution in [3.8, 4) is 0 Å². The van der Waals surface area contributed by atoms with Gasteiger partial charge in [-0.05, 0) is 91.8 Å². The molecule has 1 heterocycles. The molecule has 5 nitrogen and oxygen atoms in total. The first-order chi connectivity index (χ1) is 14.1. The van der Waals surface area contributed by atoms with Crippen LogP contribution in [0.2, 0.25) is 0 Å². The van der Waals surface area contributed by atoms with Crippen molar-refractivity contribution in [2.24, 2.45) is 0 Å². The minimum Gasteiger partial charge on any atom is -0.287 e. The van der Waals surface area contributed by atoms with E-state index in [-0.39, 0.29) is 11.5 Å². The molecule has 150 valence electrons. The van der Waals surface area contributed by atoms with Gasteiger partial charge in [-0.15, -0.1) is 0 Å². The molecule has 0 saturated carbocycles. The zero-order valence-corrected chi connectivity index (χ0v) is 16.9. The topological polar surface area (TPSA) is 73.1 Å². The third-order valence-corrected chi connectivity index (χ3v) is 6.08. The zero-order valence-electron chi connectivity index (χ0n) is 16.9. The number of non-ortho nitro benzene ring substituents is 1. The van der Waals surface area contributed by atoms with E-state index in [0.717, 1.165) is 61.8 Å². The van der Waals surface area contributed by atoms with Crippen LogP contribution in [0.5, 0.6) is 0 Å². The molecule has 4 rings (SSSR count). The van der Waals surface area contributed by atoms with Gasteiger partial charge in [-0.3, -0.25) is 14.9 Å². The number of allylic oxidation sites excluding steroid dienone is 1. The predicted octanol–water partition coefficient (Wildman–Crippen LogP) is 5.42. The first-order valence-corrected chi connectivity index (χ1v) is 10.6. The summed E-state index contributed by atoms with van der Waals surface area (Å²) in [6.45, 7) is 2.20. The van der Waals surface area contributed by atoms with Crippen molar-refractivity contribution in [2.75, 3.05) is 0 Å². The molecule has 2 aliphatic carbocycles. The average Bonchev–Trinajstić information content (AvgIpc) is 2.74. The van der Waals surface area contributed by atoms with E-state index in [1.54, 1.807) is 12.1 Å². The fourth-order valence-corrected chi connectivity index (χ4v) is 4.53. The van der Waals surface area contributed by atoms with Crippen molar-refractivity contribution in [2.45, 2.75) is 64.7 Å². The molecule has 0 unspecified atom stereocenters. The maximum Gasteiger partial charge on any atom is 0.269 e. The second kappa shape index (κ2) is 8.27. The highest BCUT2D eigenvalue weighted by Gasteiger charge is 2.29. The van der Waals surface area contributed by atoms with E-state index in [1.807, 2.05) is 6.08 Å². The predicted molar refractivity (Wildman–Crippen MR) is 113 cm³/mol. The Labute approximate surface area is 171 Å². The Morgan fingerprint density at radius 2 is 1.83 bits per heavy atom. The minimum absolute atomic E-state index is 0.0238. The number of hydrogen-bond acceptors (Lipinski definition) is 4. The number of unbranched alkanes of at least 4 members (excludes halogenated alkanes) is 1. The van der Waals surface area contributed by atoms with Gasteiger partial charge in [0.05, 0.1) is 4.92 Å². The van der Waals surface area contributed by atoms with Crippen LogP contribution in [0.15, 0.2) is 29.8 Å². The summed E-state index contributed by atoms with van der Waals surface area (Å²) in [5.41, 5.74) is 7.38. The van der Waals surface area contributed by atoms with Crippen LogP contribution in [-0.4, -0.2) is 15.7 Å². The van der Waals surface area contributed by atoms with Gasteiger partial charge in [0.15, 0.2) is 0 Å². The number of carbonyl (C=O) groups excluding carboxylic acids is 1. The molecule has 2 aliphatic rings. The number of nitrogens with zero attached hydrogens (tertiary/aromatic N) is 2. The summed E-state index contributed by atoms with van der Waals surface area (Å²) in [5.74, 6) is 0.0238. The average molecular weight is 390 g/mol. The van der Waals surface area contributed by atoms with Crippen LogP contribution in [0.1, 0.15) is 77.5 Å². The lowest BCUT2D eigenvalue weighted by Crippen LogP contribution is -2.23. The molecule has 5 heteroatoms. The summed E-state index contributed by atoms with van der Waals surface area (Å²) in [6, 6.07) is 6.35. The summed E-state index contributed by atoms with van der Waals surface area (Å²) in [4.78, 5) is 28.6. The summed E-state index contributed by atoms with van der Waals surface area (Å²) >= 11 is 0. The highest BCUT2D eigenvalue weighted by atomic mass is 16.6. The highest BCUT2D eigenvalue weighted by Crippen LogP contribution is 2.34. The molecule has 0 spiro atoms. The summed E-state index contributed by atoms with van der Waals surface area (Å²) in [5, 5.41) is 10.8. The Hall–Kier alpha value is -2.82. The molecule has 0 atom stereocenters. The number of pyridine rings is 1. The molecular formula is C24H26N2O3. The molecule has 0 aliphatic heterocycles. The van der Waals surface area contributed by atoms with Gasteiger partial charge in [0.1, 0.15) is 5.69 Å². The molecular weight excluding hydrogens is 364 g/mol. The fourth-order valence-electron chi connectivity index (χ4n) is 4.53. The summed E-state index contributed by atoms with van der Waals surface area (Å²) in [6.07, 6.45) is 11.2. The molecule has 2 aromatic rings. The highest BCUT2D eigenvalue weighted by molar-refractivity contribution is 6.12.